The number of rotatable bonds is 5. The summed E-state index contributed by atoms with van der Waals surface area (Å²) in [6.45, 7) is 3.96. The maximum absolute atomic E-state index is 12.6. The van der Waals surface area contributed by atoms with Gasteiger partial charge in [-0.1, -0.05) is 18.2 Å². The van der Waals surface area contributed by atoms with E-state index in [1.54, 1.807) is 35.2 Å². The highest BCUT2D eigenvalue weighted by molar-refractivity contribution is 5.75. The number of hydrogen-bond donors (Lipinski definition) is 1. The summed E-state index contributed by atoms with van der Waals surface area (Å²) >= 11 is 0. The van der Waals surface area contributed by atoms with E-state index in [1.807, 2.05) is 62.5 Å². The van der Waals surface area contributed by atoms with Gasteiger partial charge in [0.1, 0.15) is 0 Å². The van der Waals surface area contributed by atoms with Gasteiger partial charge in [0, 0.05) is 31.8 Å². The molecule has 2 atom stereocenters. The molecule has 1 aromatic carbocycles. The Bertz CT molecular complexity index is 830. The Morgan fingerprint density at radius 2 is 1.85 bits per heavy atom. The molecular formula is C20H23N5O. The maximum Gasteiger partial charge on any atom is 0.318 e. The molecule has 3 aromatic rings. The summed E-state index contributed by atoms with van der Waals surface area (Å²) in [5.74, 6) is 0. The first-order valence-electron chi connectivity index (χ1n) is 8.59. The summed E-state index contributed by atoms with van der Waals surface area (Å²) < 4.78 is 1.80. The van der Waals surface area contributed by atoms with E-state index >= 15 is 0 Å². The highest BCUT2D eigenvalue weighted by Gasteiger charge is 2.19. The van der Waals surface area contributed by atoms with Gasteiger partial charge in [-0.15, -0.1) is 0 Å². The van der Waals surface area contributed by atoms with E-state index in [4.69, 9.17) is 0 Å². The van der Waals surface area contributed by atoms with Crippen LogP contribution in [-0.2, 0) is 0 Å². The van der Waals surface area contributed by atoms with Gasteiger partial charge in [-0.2, -0.15) is 5.10 Å². The lowest BCUT2D eigenvalue weighted by molar-refractivity contribution is 0.191. The van der Waals surface area contributed by atoms with Gasteiger partial charge in [0.2, 0.25) is 0 Å². The first-order chi connectivity index (χ1) is 12.6. The molecule has 6 heteroatoms. The van der Waals surface area contributed by atoms with Gasteiger partial charge in [-0.25, -0.2) is 9.48 Å². The van der Waals surface area contributed by atoms with Crippen LogP contribution in [0.15, 0.2) is 67.3 Å². The topological polar surface area (TPSA) is 63.1 Å². The van der Waals surface area contributed by atoms with Crippen LogP contribution in [0.2, 0.25) is 0 Å². The molecule has 1 N–H and O–H groups in total. The van der Waals surface area contributed by atoms with Crippen molar-refractivity contribution in [3.05, 3.63) is 78.4 Å². The second-order valence-electron chi connectivity index (χ2n) is 6.29. The fraction of sp³-hybridized carbons (Fsp3) is 0.250. The van der Waals surface area contributed by atoms with Crippen molar-refractivity contribution in [1.82, 2.24) is 25.0 Å². The van der Waals surface area contributed by atoms with Crippen LogP contribution < -0.4 is 5.32 Å². The number of amides is 2. The van der Waals surface area contributed by atoms with Crippen molar-refractivity contribution in [3.8, 4) is 5.69 Å². The summed E-state index contributed by atoms with van der Waals surface area (Å²) in [6.07, 6.45) is 7.15. The molecule has 0 bridgehead atoms. The van der Waals surface area contributed by atoms with Gasteiger partial charge in [-0.05, 0) is 49.2 Å². The van der Waals surface area contributed by atoms with Crippen LogP contribution in [0.5, 0.6) is 0 Å². The van der Waals surface area contributed by atoms with Crippen LogP contribution in [0.1, 0.15) is 37.1 Å². The van der Waals surface area contributed by atoms with Crippen molar-refractivity contribution in [2.45, 2.75) is 25.9 Å². The zero-order valence-corrected chi connectivity index (χ0v) is 15.2. The average Bonchev–Trinajstić information content (AvgIpc) is 3.22. The second kappa shape index (κ2) is 7.82. The molecule has 134 valence electrons. The lowest BCUT2D eigenvalue weighted by Crippen LogP contribution is -2.39. The van der Waals surface area contributed by atoms with Gasteiger partial charge < -0.3 is 10.2 Å². The largest absolute Gasteiger partial charge is 0.331 e. The summed E-state index contributed by atoms with van der Waals surface area (Å²) in [4.78, 5) is 18.4. The fourth-order valence-electron chi connectivity index (χ4n) is 2.73. The predicted molar refractivity (Wildman–Crippen MR) is 101 cm³/mol. The molecule has 0 aliphatic carbocycles. The Morgan fingerprint density at radius 3 is 2.46 bits per heavy atom. The Morgan fingerprint density at radius 1 is 1.08 bits per heavy atom. The maximum atomic E-state index is 12.6. The van der Waals surface area contributed by atoms with Gasteiger partial charge in [0.15, 0.2) is 0 Å². The zero-order valence-electron chi connectivity index (χ0n) is 15.2. The van der Waals surface area contributed by atoms with E-state index in [0.717, 1.165) is 16.8 Å². The third-order valence-corrected chi connectivity index (χ3v) is 4.57. The Labute approximate surface area is 153 Å². The van der Waals surface area contributed by atoms with Crippen molar-refractivity contribution in [2.75, 3.05) is 7.05 Å². The Hall–Kier alpha value is -3.15. The predicted octanol–water partition coefficient (Wildman–Crippen LogP) is 3.73. The highest BCUT2D eigenvalue weighted by Crippen LogP contribution is 2.19. The van der Waals surface area contributed by atoms with Crippen LogP contribution in [0.3, 0.4) is 0 Å². The molecule has 3 rings (SSSR count). The molecule has 0 radical (unpaired) electrons. The molecule has 0 saturated heterocycles. The Balaban J connectivity index is 1.63. The molecule has 0 unspecified atom stereocenters. The summed E-state index contributed by atoms with van der Waals surface area (Å²) in [7, 11) is 1.79. The smallest absolute Gasteiger partial charge is 0.318 e. The number of carbonyl (C=O) groups excluding carboxylic acids is 1. The molecule has 0 aliphatic rings. The van der Waals surface area contributed by atoms with Crippen molar-refractivity contribution in [1.29, 1.82) is 0 Å². The van der Waals surface area contributed by atoms with E-state index in [1.165, 1.54) is 0 Å². The normalized spacial score (nSPS) is 13.0. The zero-order chi connectivity index (χ0) is 18.5. The van der Waals surface area contributed by atoms with Crippen molar-refractivity contribution in [3.63, 3.8) is 0 Å². The summed E-state index contributed by atoms with van der Waals surface area (Å²) in [5.41, 5.74) is 3.03. The lowest BCUT2D eigenvalue weighted by Gasteiger charge is -2.27. The van der Waals surface area contributed by atoms with Crippen LogP contribution in [-0.4, -0.2) is 32.7 Å². The fourth-order valence-corrected chi connectivity index (χ4v) is 2.73. The quantitative estimate of drug-likeness (QED) is 0.763. The molecular weight excluding hydrogens is 326 g/mol. The molecule has 0 spiro atoms. The average molecular weight is 349 g/mol. The van der Waals surface area contributed by atoms with E-state index in [9.17, 15) is 4.79 Å². The van der Waals surface area contributed by atoms with Gasteiger partial charge in [-0.3, -0.25) is 4.98 Å². The lowest BCUT2D eigenvalue weighted by atomic mass is 10.1. The standard InChI is InChI=1S/C20H23N5O/c1-15(17-7-9-19(10-8-17)25-13-5-12-22-25)23-20(26)24(3)16(2)18-6-4-11-21-14-18/h4-16H,1-3H3,(H,23,26)/t15-,16-/m0/s1. The molecule has 6 nitrogen and oxygen atoms in total. The van der Waals surface area contributed by atoms with E-state index in [-0.39, 0.29) is 18.1 Å². The summed E-state index contributed by atoms with van der Waals surface area (Å²) in [6, 6.07) is 13.5. The monoisotopic (exact) mass is 349 g/mol. The number of hydrogen-bond acceptors (Lipinski definition) is 3. The molecule has 0 fully saturated rings. The van der Waals surface area contributed by atoms with Gasteiger partial charge >= 0.3 is 6.03 Å². The minimum absolute atomic E-state index is 0.0573. The van der Waals surface area contributed by atoms with Crippen LogP contribution >= 0.6 is 0 Å². The highest BCUT2D eigenvalue weighted by atomic mass is 16.2. The van der Waals surface area contributed by atoms with E-state index in [0.29, 0.717) is 0 Å². The molecule has 2 amide bonds. The number of benzene rings is 1. The number of carbonyl (C=O) groups is 1. The van der Waals surface area contributed by atoms with Crippen molar-refractivity contribution < 1.29 is 4.79 Å². The SMILES string of the molecule is C[C@H](NC(=O)N(C)[C@@H](C)c1cccnc1)c1ccc(-n2cccn2)cc1. The number of aromatic nitrogens is 3. The minimum atomic E-state index is -0.120. The molecule has 2 heterocycles. The first-order valence-corrected chi connectivity index (χ1v) is 8.59. The van der Waals surface area contributed by atoms with Gasteiger partial charge in [0.25, 0.3) is 0 Å². The van der Waals surface area contributed by atoms with Gasteiger partial charge in [0.05, 0.1) is 17.8 Å². The second-order valence-corrected chi connectivity index (χ2v) is 6.29. The Kier molecular flexibility index (Phi) is 5.31. The van der Waals surface area contributed by atoms with Crippen molar-refractivity contribution >= 4 is 6.03 Å². The molecule has 0 saturated carbocycles. The van der Waals surface area contributed by atoms with E-state index < -0.39 is 0 Å². The number of nitrogens with one attached hydrogen (secondary N) is 1. The minimum Gasteiger partial charge on any atom is -0.331 e. The van der Waals surface area contributed by atoms with Crippen LogP contribution in [0.4, 0.5) is 4.79 Å². The number of pyridine rings is 1. The van der Waals surface area contributed by atoms with Crippen LogP contribution in [0, 0.1) is 0 Å². The molecule has 0 aliphatic heterocycles. The number of nitrogens with zero attached hydrogens (tertiary/aromatic N) is 4. The third kappa shape index (κ3) is 3.91. The van der Waals surface area contributed by atoms with Crippen molar-refractivity contribution in [2.24, 2.45) is 0 Å². The third-order valence-electron chi connectivity index (χ3n) is 4.57. The molecule has 26 heavy (non-hydrogen) atoms. The summed E-state index contributed by atoms with van der Waals surface area (Å²) in [5, 5.41) is 7.26. The first kappa shape index (κ1) is 17.7. The molecule has 2 aromatic heterocycles. The number of urea groups is 1. The van der Waals surface area contributed by atoms with E-state index in [2.05, 4.69) is 15.4 Å². The van der Waals surface area contributed by atoms with Crippen LogP contribution in [0.25, 0.3) is 5.69 Å².